The van der Waals surface area contributed by atoms with Crippen molar-refractivity contribution >= 4 is 45.1 Å². The largest absolute Gasteiger partial charge is 0.378 e. The average molecular weight is 474 g/mol. The number of hydrogen-bond acceptors (Lipinski definition) is 6. The van der Waals surface area contributed by atoms with E-state index >= 15 is 0 Å². The van der Waals surface area contributed by atoms with Crippen molar-refractivity contribution in [2.24, 2.45) is 5.73 Å². The fraction of sp³-hybridized carbons (Fsp3) is 0.167. The second kappa shape index (κ2) is 8.12. The molecule has 0 spiro atoms. The summed E-state index contributed by atoms with van der Waals surface area (Å²) in [4.78, 5) is 24.1. The summed E-state index contributed by atoms with van der Waals surface area (Å²) in [5.41, 5.74) is 10.6. The number of pyridine rings is 1. The normalized spacial score (nSPS) is 14.2. The van der Waals surface area contributed by atoms with Crippen molar-refractivity contribution in [3.63, 3.8) is 0 Å². The van der Waals surface area contributed by atoms with Crippen LogP contribution in [0, 0.1) is 0 Å². The van der Waals surface area contributed by atoms with E-state index < -0.39 is 5.91 Å². The number of nitrogens with two attached hydrogens (primary N) is 1. The van der Waals surface area contributed by atoms with Crippen LogP contribution in [-0.4, -0.2) is 56.9 Å². The van der Waals surface area contributed by atoms with Crippen molar-refractivity contribution in [1.82, 2.24) is 24.7 Å². The maximum Gasteiger partial charge on any atom is 0.251 e. The number of nitrogens with zero attached hydrogens (tertiary/aromatic N) is 5. The first-order valence-electron chi connectivity index (χ1n) is 10.8. The Labute approximate surface area is 199 Å². The number of morpholine rings is 1. The standard InChI is InChI=1S/C24H20ClN7O2/c25-18-3-1-2-16-19(4-5-27-21(16)18)32-20-11-15(31-6-8-34-9-7-31)10-17(23(26)33)22(20)30-24(32)14-12-28-29-13-14/h1-5,10-13H,6-9H2,(H2,26,33)(H,28,29). The minimum atomic E-state index is -0.536. The Morgan fingerprint density at radius 1 is 1.15 bits per heavy atom. The molecule has 1 fully saturated rings. The van der Waals surface area contributed by atoms with E-state index in [9.17, 15) is 4.79 Å². The van der Waals surface area contributed by atoms with Gasteiger partial charge in [-0.3, -0.25) is 19.4 Å². The second-order valence-corrected chi connectivity index (χ2v) is 8.46. The highest BCUT2D eigenvalue weighted by molar-refractivity contribution is 6.35. The molecule has 4 heterocycles. The number of anilines is 1. The Hall–Kier alpha value is -3.95. The summed E-state index contributed by atoms with van der Waals surface area (Å²) in [7, 11) is 0. The van der Waals surface area contributed by atoms with Crippen molar-refractivity contribution < 1.29 is 9.53 Å². The molecule has 1 aliphatic heterocycles. The summed E-state index contributed by atoms with van der Waals surface area (Å²) in [5.74, 6) is 0.0870. The number of imidazole rings is 1. The Kier molecular flexibility index (Phi) is 4.93. The predicted octanol–water partition coefficient (Wildman–Crippen LogP) is 3.55. The molecule has 5 aromatic rings. The first kappa shape index (κ1) is 20.6. The van der Waals surface area contributed by atoms with Crippen LogP contribution in [0.25, 0.3) is 39.0 Å². The lowest BCUT2D eigenvalue weighted by molar-refractivity contribution is 0.100. The van der Waals surface area contributed by atoms with Crippen molar-refractivity contribution in [3.05, 3.63) is 65.6 Å². The van der Waals surface area contributed by atoms with Crippen molar-refractivity contribution in [1.29, 1.82) is 0 Å². The molecule has 0 saturated carbocycles. The van der Waals surface area contributed by atoms with Crippen LogP contribution in [0.1, 0.15) is 10.4 Å². The number of carbonyl (C=O) groups is 1. The molecule has 34 heavy (non-hydrogen) atoms. The van der Waals surface area contributed by atoms with Gasteiger partial charge in [-0.05, 0) is 24.3 Å². The van der Waals surface area contributed by atoms with E-state index in [-0.39, 0.29) is 0 Å². The number of nitrogens with one attached hydrogen (secondary N) is 1. The van der Waals surface area contributed by atoms with Gasteiger partial charge in [0.2, 0.25) is 0 Å². The molecule has 3 aromatic heterocycles. The number of aromatic amines is 1. The topological polar surface area (TPSA) is 115 Å². The molecule has 1 amide bonds. The number of aromatic nitrogens is 5. The molecule has 3 N–H and O–H groups in total. The van der Waals surface area contributed by atoms with Gasteiger partial charge in [-0.15, -0.1) is 0 Å². The molecule has 2 aromatic carbocycles. The Bertz CT molecular complexity index is 1540. The third-order valence-electron chi connectivity index (χ3n) is 6.08. The van der Waals surface area contributed by atoms with Crippen LogP contribution in [0.5, 0.6) is 0 Å². The number of hydrogen-bond donors (Lipinski definition) is 2. The zero-order valence-corrected chi connectivity index (χ0v) is 18.8. The number of H-pyrrole nitrogens is 1. The van der Waals surface area contributed by atoms with Crippen LogP contribution in [0.3, 0.4) is 0 Å². The molecular formula is C24H20ClN7O2. The van der Waals surface area contributed by atoms with Gasteiger partial charge >= 0.3 is 0 Å². The fourth-order valence-electron chi connectivity index (χ4n) is 4.49. The SMILES string of the molecule is NC(=O)c1cc(N2CCOCC2)cc2c1nc(-c1cn[nH]c1)n2-c1ccnc2c(Cl)cccc12. The molecule has 10 heteroatoms. The van der Waals surface area contributed by atoms with Crippen LogP contribution < -0.4 is 10.6 Å². The van der Waals surface area contributed by atoms with Crippen molar-refractivity contribution in [2.75, 3.05) is 31.2 Å². The molecule has 0 bridgehead atoms. The highest BCUT2D eigenvalue weighted by Crippen LogP contribution is 2.36. The monoisotopic (exact) mass is 473 g/mol. The van der Waals surface area contributed by atoms with E-state index in [2.05, 4.69) is 20.1 Å². The van der Waals surface area contributed by atoms with Crippen LogP contribution in [0.15, 0.2) is 55.0 Å². The maximum atomic E-state index is 12.5. The van der Waals surface area contributed by atoms with E-state index in [0.717, 1.165) is 40.9 Å². The van der Waals surface area contributed by atoms with E-state index in [1.54, 1.807) is 18.6 Å². The number of ether oxygens (including phenoxy) is 1. The fourth-order valence-corrected chi connectivity index (χ4v) is 4.71. The minimum Gasteiger partial charge on any atom is -0.378 e. The maximum absolute atomic E-state index is 12.5. The van der Waals surface area contributed by atoms with Gasteiger partial charge in [-0.2, -0.15) is 5.10 Å². The highest BCUT2D eigenvalue weighted by atomic mass is 35.5. The molecule has 1 saturated heterocycles. The van der Waals surface area contributed by atoms with E-state index in [1.807, 2.05) is 41.0 Å². The van der Waals surface area contributed by atoms with Gasteiger partial charge in [0.1, 0.15) is 11.3 Å². The molecule has 170 valence electrons. The number of fused-ring (bicyclic) bond motifs is 2. The first-order chi connectivity index (χ1) is 16.6. The number of amides is 1. The van der Waals surface area contributed by atoms with Crippen LogP contribution in [-0.2, 0) is 4.74 Å². The molecule has 0 unspecified atom stereocenters. The number of benzene rings is 2. The molecule has 1 aliphatic rings. The van der Waals surface area contributed by atoms with Gasteiger partial charge in [-0.1, -0.05) is 23.7 Å². The summed E-state index contributed by atoms with van der Waals surface area (Å²) in [6.07, 6.45) is 5.18. The van der Waals surface area contributed by atoms with Gasteiger partial charge in [0, 0.05) is 36.6 Å². The van der Waals surface area contributed by atoms with Gasteiger partial charge < -0.3 is 15.4 Å². The summed E-state index contributed by atoms with van der Waals surface area (Å²) in [5, 5.41) is 8.36. The highest BCUT2D eigenvalue weighted by Gasteiger charge is 2.23. The van der Waals surface area contributed by atoms with Crippen molar-refractivity contribution in [2.45, 2.75) is 0 Å². The third kappa shape index (κ3) is 3.28. The van der Waals surface area contributed by atoms with Crippen LogP contribution >= 0.6 is 11.6 Å². The van der Waals surface area contributed by atoms with Gasteiger partial charge in [0.25, 0.3) is 5.91 Å². The van der Waals surface area contributed by atoms with E-state index in [1.165, 1.54) is 0 Å². The van der Waals surface area contributed by atoms with Crippen molar-refractivity contribution in [3.8, 4) is 17.1 Å². The number of rotatable bonds is 4. The Balaban J connectivity index is 1.72. The number of primary amides is 1. The smallest absolute Gasteiger partial charge is 0.251 e. The molecule has 0 radical (unpaired) electrons. The predicted molar refractivity (Wildman–Crippen MR) is 131 cm³/mol. The zero-order valence-electron chi connectivity index (χ0n) is 18.0. The van der Waals surface area contributed by atoms with E-state index in [4.69, 9.17) is 27.1 Å². The molecule has 9 nitrogen and oxygen atoms in total. The summed E-state index contributed by atoms with van der Waals surface area (Å²) < 4.78 is 7.52. The summed E-state index contributed by atoms with van der Waals surface area (Å²) >= 11 is 6.46. The summed E-state index contributed by atoms with van der Waals surface area (Å²) in [6.45, 7) is 2.69. The Morgan fingerprint density at radius 3 is 2.76 bits per heavy atom. The average Bonchev–Trinajstić information content (AvgIpc) is 3.52. The van der Waals surface area contributed by atoms with Crippen LogP contribution in [0.4, 0.5) is 5.69 Å². The zero-order chi connectivity index (χ0) is 23.2. The van der Waals surface area contributed by atoms with Gasteiger partial charge in [-0.25, -0.2) is 4.98 Å². The number of halogens is 1. The van der Waals surface area contributed by atoms with Gasteiger partial charge in [0.15, 0.2) is 0 Å². The minimum absolute atomic E-state index is 0.360. The molecule has 0 aliphatic carbocycles. The summed E-state index contributed by atoms with van der Waals surface area (Å²) in [6, 6.07) is 11.4. The Morgan fingerprint density at radius 2 is 2.00 bits per heavy atom. The number of carbonyl (C=O) groups excluding carboxylic acids is 1. The third-order valence-corrected chi connectivity index (χ3v) is 6.39. The van der Waals surface area contributed by atoms with E-state index in [0.29, 0.717) is 40.7 Å². The van der Waals surface area contributed by atoms with Crippen LogP contribution in [0.2, 0.25) is 5.02 Å². The lowest BCUT2D eigenvalue weighted by Gasteiger charge is -2.29. The molecule has 0 atom stereocenters. The first-order valence-corrected chi connectivity index (χ1v) is 11.2. The lowest BCUT2D eigenvalue weighted by Crippen LogP contribution is -2.36. The molecule has 6 rings (SSSR count). The van der Waals surface area contributed by atoms with Gasteiger partial charge in [0.05, 0.1) is 52.3 Å². The number of para-hydroxylation sites is 1. The lowest BCUT2D eigenvalue weighted by atomic mass is 10.1. The second-order valence-electron chi connectivity index (χ2n) is 8.05. The molecular weight excluding hydrogens is 454 g/mol. The quantitative estimate of drug-likeness (QED) is 0.412.